The molecule has 0 fully saturated rings. The van der Waals surface area contributed by atoms with Gasteiger partial charge in [-0.05, 0) is 40.2 Å². The average Bonchev–Trinajstić information content (AvgIpc) is 2.72. The van der Waals surface area contributed by atoms with Crippen LogP contribution in [-0.2, 0) is 0 Å². The molecule has 0 bridgehead atoms. The fraction of sp³-hybridized carbons (Fsp3) is 0. The Balaban J connectivity index is 2.21. The molecule has 0 aliphatic rings. The van der Waals surface area contributed by atoms with Crippen molar-refractivity contribution in [3.8, 4) is 0 Å². The zero-order valence-corrected chi connectivity index (χ0v) is 10.7. The van der Waals surface area contributed by atoms with Crippen LogP contribution in [0.15, 0.2) is 39.4 Å². The molecule has 0 spiro atoms. The Morgan fingerprint density at radius 3 is 2.76 bits per heavy atom. The molecular weight excluding hydrogens is 312 g/mol. The van der Waals surface area contributed by atoms with Crippen molar-refractivity contribution in [2.45, 2.75) is 0 Å². The monoisotopic (exact) mass is 317 g/mol. The van der Waals surface area contributed by atoms with E-state index in [0.717, 1.165) is 0 Å². The Kier molecular flexibility index (Phi) is 3.49. The number of carbonyl (C=O) groups is 1. The summed E-state index contributed by atoms with van der Waals surface area (Å²) in [6.45, 7) is 0. The van der Waals surface area contributed by atoms with Crippen LogP contribution in [0.4, 0.5) is 10.1 Å². The van der Waals surface area contributed by atoms with Crippen LogP contribution in [0.5, 0.6) is 0 Å². The molecule has 0 saturated heterocycles. The number of rotatable bonds is 2. The standard InChI is InChI=1S/C11H6BrClFNO2/c12-9-5-4-8(17-9)11(16)15-7-3-1-2-6(13)10(7)14/h1-5H,(H,15,16). The molecule has 0 saturated carbocycles. The molecule has 17 heavy (non-hydrogen) atoms. The Bertz CT molecular complexity index is 570. The summed E-state index contributed by atoms with van der Waals surface area (Å²) in [4.78, 5) is 11.7. The number of benzene rings is 1. The normalized spacial score (nSPS) is 10.3. The first kappa shape index (κ1) is 12.1. The average molecular weight is 319 g/mol. The van der Waals surface area contributed by atoms with Crippen molar-refractivity contribution in [2.75, 3.05) is 5.32 Å². The van der Waals surface area contributed by atoms with E-state index >= 15 is 0 Å². The summed E-state index contributed by atoms with van der Waals surface area (Å²) in [5.74, 6) is -1.14. The maximum atomic E-state index is 13.5. The molecule has 1 N–H and O–H groups in total. The highest BCUT2D eigenvalue weighted by molar-refractivity contribution is 9.10. The third-order valence-corrected chi connectivity index (χ3v) is 2.71. The summed E-state index contributed by atoms with van der Waals surface area (Å²) < 4.78 is 19.0. The van der Waals surface area contributed by atoms with Gasteiger partial charge in [0.1, 0.15) is 0 Å². The van der Waals surface area contributed by atoms with Crippen LogP contribution in [0.25, 0.3) is 0 Å². The summed E-state index contributed by atoms with van der Waals surface area (Å²) >= 11 is 8.66. The van der Waals surface area contributed by atoms with E-state index in [1.165, 1.54) is 18.2 Å². The zero-order valence-electron chi connectivity index (χ0n) is 8.34. The topological polar surface area (TPSA) is 42.2 Å². The minimum absolute atomic E-state index is 0.00928. The van der Waals surface area contributed by atoms with Gasteiger partial charge in [0.25, 0.3) is 5.91 Å². The van der Waals surface area contributed by atoms with Gasteiger partial charge in [-0.15, -0.1) is 0 Å². The van der Waals surface area contributed by atoms with E-state index in [4.69, 9.17) is 16.0 Å². The van der Waals surface area contributed by atoms with Crippen molar-refractivity contribution in [1.82, 2.24) is 0 Å². The number of amides is 1. The van der Waals surface area contributed by atoms with Gasteiger partial charge in [0.2, 0.25) is 0 Å². The Hall–Kier alpha value is -1.33. The molecule has 3 nitrogen and oxygen atoms in total. The van der Waals surface area contributed by atoms with E-state index in [2.05, 4.69) is 21.2 Å². The number of hydrogen-bond acceptors (Lipinski definition) is 2. The van der Waals surface area contributed by atoms with E-state index < -0.39 is 11.7 Å². The molecule has 88 valence electrons. The number of hydrogen-bond donors (Lipinski definition) is 1. The summed E-state index contributed by atoms with van der Waals surface area (Å²) in [5.41, 5.74) is 0.00928. The molecule has 1 amide bonds. The number of furan rings is 1. The lowest BCUT2D eigenvalue weighted by Gasteiger charge is -2.05. The van der Waals surface area contributed by atoms with Crippen LogP contribution in [0.1, 0.15) is 10.6 Å². The number of anilines is 1. The molecule has 2 aromatic rings. The molecule has 1 heterocycles. The molecular formula is C11H6BrClFNO2. The molecule has 6 heteroatoms. The van der Waals surface area contributed by atoms with Crippen molar-refractivity contribution in [3.05, 3.63) is 51.6 Å². The maximum Gasteiger partial charge on any atom is 0.291 e. The maximum absolute atomic E-state index is 13.5. The van der Waals surface area contributed by atoms with Gasteiger partial charge in [0.05, 0.1) is 10.7 Å². The molecule has 0 radical (unpaired) electrons. The first-order chi connectivity index (χ1) is 8.08. The zero-order chi connectivity index (χ0) is 12.4. The second kappa shape index (κ2) is 4.89. The molecule has 0 atom stereocenters. The fourth-order valence-corrected chi connectivity index (χ4v) is 1.70. The van der Waals surface area contributed by atoms with Crippen LogP contribution >= 0.6 is 27.5 Å². The SMILES string of the molecule is O=C(Nc1cccc(Cl)c1F)c1ccc(Br)o1. The smallest absolute Gasteiger partial charge is 0.291 e. The number of carbonyl (C=O) groups excluding carboxylic acids is 1. The van der Waals surface area contributed by atoms with Crippen LogP contribution in [0.2, 0.25) is 5.02 Å². The van der Waals surface area contributed by atoms with Gasteiger partial charge in [-0.2, -0.15) is 0 Å². The van der Waals surface area contributed by atoms with Crippen LogP contribution in [0.3, 0.4) is 0 Å². The largest absolute Gasteiger partial charge is 0.444 e. The fourth-order valence-electron chi connectivity index (χ4n) is 1.22. The van der Waals surface area contributed by atoms with E-state index in [9.17, 15) is 9.18 Å². The van der Waals surface area contributed by atoms with Crippen LogP contribution in [0, 0.1) is 5.82 Å². The van der Waals surface area contributed by atoms with Crippen molar-refractivity contribution >= 4 is 39.1 Å². The third kappa shape index (κ3) is 2.68. The van der Waals surface area contributed by atoms with Gasteiger partial charge in [0, 0.05) is 0 Å². The van der Waals surface area contributed by atoms with Crippen LogP contribution in [-0.4, -0.2) is 5.91 Å². The highest BCUT2D eigenvalue weighted by Gasteiger charge is 2.14. The predicted molar refractivity (Wildman–Crippen MR) is 65.8 cm³/mol. The molecule has 0 aliphatic carbocycles. The Morgan fingerprint density at radius 2 is 2.12 bits per heavy atom. The Morgan fingerprint density at radius 1 is 1.35 bits per heavy atom. The van der Waals surface area contributed by atoms with E-state index in [-0.39, 0.29) is 16.5 Å². The Labute approximate surface area is 110 Å². The lowest BCUT2D eigenvalue weighted by atomic mass is 10.3. The summed E-state index contributed by atoms with van der Waals surface area (Å²) in [6.07, 6.45) is 0. The molecule has 0 unspecified atom stereocenters. The number of nitrogens with one attached hydrogen (secondary N) is 1. The number of halogens is 3. The van der Waals surface area contributed by atoms with Crippen LogP contribution < -0.4 is 5.32 Å². The molecule has 1 aromatic carbocycles. The third-order valence-electron chi connectivity index (χ3n) is 2.00. The van der Waals surface area contributed by atoms with Crippen molar-refractivity contribution in [2.24, 2.45) is 0 Å². The van der Waals surface area contributed by atoms with E-state index in [1.54, 1.807) is 12.1 Å². The van der Waals surface area contributed by atoms with E-state index in [1.807, 2.05) is 0 Å². The summed E-state index contributed by atoms with van der Waals surface area (Å²) in [7, 11) is 0. The minimum Gasteiger partial charge on any atom is -0.444 e. The van der Waals surface area contributed by atoms with Gasteiger partial charge in [-0.1, -0.05) is 17.7 Å². The minimum atomic E-state index is -0.673. The highest BCUT2D eigenvalue weighted by atomic mass is 79.9. The summed E-state index contributed by atoms with van der Waals surface area (Å²) in [5, 5.41) is 2.32. The first-order valence-corrected chi connectivity index (χ1v) is 5.75. The van der Waals surface area contributed by atoms with E-state index in [0.29, 0.717) is 4.67 Å². The second-order valence-electron chi connectivity index (χ2n) is 3.16. The van der Waals surface area contributed by atoms with Gasteiger partial charge >= 0.3 is 0 Å². The van der Waals surface area contributed by atoms with Crippen molar-refractivity contribution < 1.29 is 13.6 Å². The molecule has 0 aliphatic heterocycles. The highest BCUT2D eigenvalue weighted by Crippen LogP contribution is 2.23. The first-order valence-electron chi connectivity index (χ1n) is 4.58. The van der Waals surface area contributed by atoms with Crippen molar-refractivity contribution in [3.63, 3.8) is 0 Å². The van der Waals surface area contributed by atoms with Crippen molar-refractivity contribution in [1.29, 1.82) is 0 Å². The lowest BCUT2D eigenvalue weighted by Crippen LogP contribution is -2.12. The quantitative estimate of drug-likeness (QED) is 0.906. The lowest BCUT2D eigenvalue weighted by molar-refractivity contribution is 0.0995. The van der Waals surface area contributed by atoms with Gasteiger partial charge in [-0.3, -0.25) is 4.79 Å². The predicted octanol–water partition coefficient (Wildman–Crippen LogP) is 4.09. The molecule has 2 rings (SSSR count). The van der Waals surface area contributed by atoms with Gasteiger partial charge in [0.15, 0.2) is 16.2 Å². The second-order valence-corrected chi connectivity index (χ2v) is 4.35. The molecule has 1 aromatic heterocycles. The van der Waals surface area contributed by atoms with Gasteiger partial charge < -0.3 is 9.73 Å². The summed E-state index contributed by atoms with van der Waals surface area (Å²) in [6, 6.07) is 7.40. The van der Waals surface area contributed by atoms with Gasteiger partial charge in [-0.25, -0.2) is 4.39 Å².